The van der Waals surface area contributed by atoms with Crippen LogP contribution in [-0.2, 0) is 6.42 Å². The van der Waals surface area contributed by atoms with E-state index in [0.717, 1.165) is 47.0 Å². The Morgan fingerprint density at radius 2 is 1.85 bits per heavy atom. The molecule has 2 aromatic rings. The molecular formula is C16H18BrN3. The number of hydrogen-bond donors (Lipinski definition) is 1. The van der Waals surface area contributed by atoms with Gasteiger partial charge in [0, 0.05) is 22.7 Å². The lowest BCUT2D eigenvalue weighted by Gasteiger charge is -2.21. The fraction of sp³-hybridized carbons (Fsp3) is 0.375. The first-order valence-electron chi connectivity index (χ1n) is 7.10. The number of halogens is 1. The highest BCUT2D eigenvalue weighted by molar-refractivity contribution is 9.10. The van der Waals surface area contributed by atoms with Gasteiger partial charge in [-0.2, -0.15) is 0 Å². The van der Waals surface area contributed by atoms with Gasteiger partial charge in [0.1, 0.15) is 5.82 Å². The number of nitrogens with one attached hydrogen (secondary N) is 1. The molecule has 3 rings (SSSR count). The molecule has 1 saturated heterocycles. The zero-order valence-electron chi connectivity index (χ0n) is 11.3. The minimum Gasteiger partial charge on any atom is -0.317 e. The summed E-state index contributed by atoms with van der Waals surface area (Å²) in [6.07, 6.45) is 5.32. The van der Waals surface area contributed by atoms with Gasteiger partial charge in [-0.3, -0.25) is 0 Å². The maximum atomic E-state index is 4.72. The molecule has 0 spiro atoms. The number of hydrogen-bond acceptors (Lipinski definition) is 3. The van der Waals surface area contributed by atoms with Gasteiger partial charge in [-0.15, -0.1) is 0 Å². The first-order chi connectivity index (χ1) is 9.81. The summed E-state index contributed by atoms with van der Waals surface area (Å²) in [6, 6.07) is 10.2. The Kier molecular flexibility index (Phi) is 4.43. The van der Waals surface area contributed by atoms with Gasteiger partial charge in [0.05, 0.1) is 5.69 Å². The first-order valence-corrected chi connectivity index (χ1v) is 7.89. The average molecular weight is 332 g/mol. The molecular weight excluding hydrogens is 314 g/mol. The Labute approximate surface area is 128 Å². The molecule has 1 aromatic carbocycles. The van der Waals surface area contributed by atoms with E-state index in [4.69, 9.17) is 4.98 Å². The van der Waals surface area contributed by atoms with E-state index in [0.29, 0.717) is 0 Å². The van der Waals surface area contributed by atoms with Gasteiger partial charge in [-0.1, -0.05) is 28.1 Å². The highest BCUT2D eigenvalue weighted by atomic mass is 79.9. The molecule has 104 valence electrons. The van der Waals surface area contributed by atoms with Gasteiger partial charge in [0.25, 0.3) is 0 Å². The van der Waals surface area contributed by atoms with Gasteiger partial charge < -0.3 is 5.32 Å². The standard InChI is InChI=1S/C16H18BrN3/c17-14-3-1-13(2-4-14)15-7-10-19-16(20-15)11-12-5-8-18-9-6-12/h1-4,7,10,12,18H,5-6,8-9,11H2. The van der Waals surface area contributed by atoms with Crippen molar-refractivity contribution in [3.8, 4) is 11.3 Å². The SMILES string of the molecule is Brc1ccc(-c2ccnc(CC3CCNCC3)n2)cc1. The van der Waals surface area contributed by atoms with Crippen molar-refractivity contribution in [1.29, 1.82) is 0 Å². The van der Waals surface area contributed by atoms with Crippen LogP contribution in [0.5, 0.6) is 0 Å². The van der Waals surface area contributed by atoms with Crippen LogP contribution in [0.4, 0.5) is 0 Å². The van der Waals surface area contributed by atoms with Gasteiger partial charge >= 0.3 is 0 Å². The van der Waals surface area contributed by atoms with Crippen molar-refractivity contribution < 1.29 is 0 Å². The third kappa shape index (κ3) is 3.44. The zero-order valence-corrected chi connectivity index (χ0v) is 12.9. The van der Waals surface area contributed by atoms with Crippen LogP contribution in [0.15, 0.2) is 41.0 Å². The second kappa shape index (κ2) is 6.46. The normalized spacial score (nSPS) is 16.2. The zero-order chi connectivity index (χ0) is 13.8. The molecule has 0 saturated carbocycles. The third-order valence-electron chi connectivity index (χ3n) is 3.78. The monoisotopic (exact) mass is 331 g/mol. The molecule has 0 unspecified atom stereocenters. The molecule has 1 aromatic heterocycles. The van der Waals surface area contributed by atoms with Gasteiger partial charge in [0.15, 0.2) is 0 Å². The summed E-state index contributed by atoms with van der Waals surface area (Å²) in [4.78, 5) is 9.16. The lowest BCUT2D eigenvalue weighted by atomic mass is 9.94. The molecule has 0 radical (unpaired) electrons. The molecule has 1 aliphatic rings. The second-order valence-corrected chi connectivity index (χ2v) is 6.18. The maximum absolute atomic E-state index is 4.72. The van der Waals surface area contributed by atoms with E-state index >= 15 is 0 Å². The van der Waals surface area contributed by atoms with E-state index in [9.17, 15) is 0 Å². The van der Waals surface area contributed by atoms with E-state index in [1.54, 1.807) is 0 Å². The summed E-state index contributed by atoms with van der Waals surface area (Å²) in [6.45, 7) is 2.24. The summed E-state index contributed by atoms with van der Waals surface area (Å²) in [5.41, 5.74) is 2.15. The van der Waals surface area contributed by atoms with Crippen molar-refractivity contribution >= 4 is 15.9 Å². The van der Waals surface area contributed by atoms with Crippen LogP contribution in [0.2, 0.25) is 0 Å². The van der Waals surface area contributed by atoms with Crippen LogP contribution in [-0.4, -0.2) is 23.1 Å². The third-order valence-corrected chi connectivity index (χ3v) is 4.30. The van der Waals surface area contributed by atoms with Crippen LogP contribution in [0.25, 0.3) is 11.3 Å². The lowest BCUT2D eigenvalue weighted by Crippen LogP contribution is -2.29. The Hall–Kier alpha value is -1.26. The predicted octanol–water partition coefficient (Wildman–Crippen LogP) is 3.45. The van der Waals surface area contributed by atoms with Crippen molar-refractivity contribution in [2.75, 3.05) is 13.1 Å². The minimum absolute atomic E-state index is 0.719. The Morgan fingerprint density at radius 1 is 1.10 bits per heavy atom. The van der Waals surface area contributed by atoms with E-state index in [1.165, 1.54) is 12.8 Å². The van der Waals surface area contributed by atoms with Crippen LogP contribution in [0.1, 0.15) is 18.7 Å². The number of nitrogens with zero attached hydrogens (tertiary/aromatic N) is 2. The van der Waals surface area contributed by atoms with Crippen molar-refractivity contribution in [3.63, 3.8) is 0 Å². The summed E-state index contributed by atoms with van der Waals surface area (Å²) < 4.78 is 1.09. The topological polar surface area (TPSA) is 37.8 Å². The molecule has 1 aliphatic heterocycles. The predicted molar refractivity (Wildman–Crippen MR) is 84.5 cm³/mol. The second-order valence-electron chi connectivity index (χ2n) is 5.26. The molecule has 4 heteroatoms. The maximum Gasteiger partial charge on any atom is 0.129 e. The fourth-order valence-corrected chi connectivity index (χ4v) is 2.89. The summed E-state index contributed by atoms with van der Waals surface area (Å²) in [7, 11) is 0. The van der Waals surface area contributed by atoms with Gasteiger partial charge in [0.2, 0.25) is 0 Å². The largest absolute Gasteiger partial charge is 0.317 e. The Bertz CT molecular complexity index is 562. The van der Waals surface area contributed by atoms with E-state index in [-0.39, 0.29) is 0 Å². The van der Waals surface area contributed by atoms with Gasteiger partial charge in [-0.25, -0.2) is 9.97 Å². The molecule has 2 heterocycles. The molecule has 0 bridgehead atoms. The number of benzene rings is 1. The number of aromatic nitrogens is 2. The lowest BCUT2D eigenvalue weighted by molar-refractivity contribution is 0.367. The van der Waals surface area contributed by atoms with Crippen LogP contribution >= 0.6 is 15.9 Å². The van der Waals surface area contributed by atoms with Crippen molar-refractivity contribution in [2.45, 2.75) is 19.3 Å². The first kappa shape index (κ1) is 13.7. The fourth-order valence-electron chi connectivity index (χ4n) is 2.62. The minimum atomic E-state index is 0.719. The molecule has 20 heavy (non-hydrogen) atoms. The summed E-state index contributed by atoms with van der Waals surface area (Å²) in [5.74, 6) is 1.69. The van der Waals surface area contributed by atoms with Crippen molar-refractivity contribution in [2.24, 2.45) is 5.92 Å². The highest BCUT2D eigenvalue weighted by Crippen LogP contribution is 2.21. The highest BCUT2D eigenvalue weighted by Gasteiger charge is 2.15. The van der Waals surface area contributed by atoms with E-state index < -0.39 is 0 Å². The molecule has 1 N–H and O–H groups in total. The van der Waals surface area contributed by atoms with Crippen LogP contribution < -0.4 is 5.32 Å². The number of piperidine rings is 1. The average Bonchev–Trinajstić information content (AvgIpc) is 2.49. The molecule has 0 aliphatic carbocycles. The smallest absolute Gasteiger partial charge is 0.129 e. The van der Waals surface area contributed by atoms with Crippen molar-refractivity contribution in [3.05, 3.63) is 46.8 Å². The molecule has 0 amide bonds. The van der Waals surface area contributed by atoms with Crippen molar-refractivity contribution in [1.82, 2.24) is 15.3 Å². The van der Waals surface area contributed by atoms with Crippen LogP contribution in [0.3, 0.4) is 0 Å². The van der Waals surface area contributed by atoms with Gasteiger partial charge in [-0.05, 0) is 50.0 Å². The molecule has 1 fully saturated rings. The van der Waals surface area contributed by atoms with E-state index in [1.807, 2.05) is 24.4 Å². The quantitative estimate of drug-likeness (QED) is 0.936. The molecule has 0 atom stereocenters. The summed E-state index contributed by atoms with van der Waals surface area (Å²) in [5, 5.41) is 3.40. The summed E-state index contributed by atoms with van der Waals surface area (Å²) >= 11 is 3.46. The van der Waals surface area contributed by atoms with Crippen LogP contribution in [0, 0.1) is 5.92 Å². The Morgan fingerprint density at radius 3 is 2.60 bits per heavy atom. The van der Waals surface area contributed by atoms with E-state index in [2.05, 4.69) is 38.4 Å². The molecule has 3 nitrogen and oxygen atoms in total. The Balaban J connectivity index is 1.76. The number of rotatable bonds is 3.